The predicted octanol–water partition coefficient (Wildman–Crippen LogP) is 2.50. The highest BCUT2D eigenvalue weighted by Gasteiger charge is 2.13. The molecule has 1 N–H and O–H groups in total. The van der Waals surface area contributed by atoms with E-state index >= 15 is 0 Å². The van der Waals surface area contributed by atoms with Crippen molar-refractivity contribution in [3.63, 3.8) is 0 Å². The Bertz CT molecular complexity index is 491. The number of rotatable bonds is 4. The molecule has 3 nitrogen and oxygen atoms in total. The van der Waals surface area contributed by atoms with Crippen molar-refractivity contribution < 1.29 is 0 Å². The zero-order valence-corrected chi connectivity index (χ0v) is 10.8. The van der Waals surface area contributed by atoms with Crippen LogP contribution < -0.4 is 5.32 Å². The van der Waals surface area contributed by atoms with E-state index < -0.39 is 0 Å². The van der Waals surface area contributed by atoms with Gasteiger partial charge in [0.2, 0.25) is 0 Å². The third-order valence-electron chi connectivity index (χ3n) is 2.81. The van der Waals surface area contributed by atoms with Crippen LogP contribution in [0.3, 0.4) is 0 Å². The molecule has 1 aromatic carbocycles. The van der Waals surface area contributed by atoms with E-state index in [4.69, 9.17) is 11.6 Å². The van der Waals surface area contributed by atoms with Crippen molar-refractivity contribution in [2.24, 2.45) is 7.05 Å². The molecule has 1 heterocycles. The Kier molecular flexibility index (Phi) is 3.82. The summed E-state index contributed by atoms with van der Waals surface area (Å²) in [6.07, 6.45) is 0.881. The van der Waals surface area contributed by atoms with Crippen LogP contribution in [0.15, 0.2) is 30.3 Å². The number of benzene rings is 1. The molecule has 2 rings (SSSR count). The summed E-state index contributed by atoms with van der Waals surface area (Å²) >= 11 is 6.18. The molecule has 0 aliphatic heterocycles. The van der Waals surface area contributed by atoms with Gasteiger partial charge in [-0.2, -0.15) is 0 Å². The van der Waals surface area contributed by atoms with E-state index in [1.807, 2.05) is 44.4 Å². The highest BCUT2D eigenvalue weighted by molar-refractivity contribution is 6.30. The third-order valence-corrected chi connectivity index (χ3v) is 3.11. The highest BCUT2D eigenvalue weighted by Crippen LogP contribution is 2.24. The topological polar surface area (TPSA) is 29.9 Å². The van der Waals surface area contributed by atoms with E-state index in [0.29, 0.717) is 5.15 Å². The van der Waals surface area contributed by atoms with Gasteiger partial charge in [-0.3, -0.25) is 0 Å². The molecule has 1 aromatic heterocycles. The SMILES string of the molecule is CNCCc1c(Cl)nc(-c2ccccc2)n1C. The molecule has 0 unspecified atom stereocenters. The zero-order valence-electron chi connectivity index (χ0n) is 10.1. The number of aromatic nitrogens is 2. The second-order valence-corrected chi connectivity index (χ2v) is 4.31. The van der Waals surface area contributed by atoms with Gasteiger partial charge in [-0.05, 0) is 7.05 Å². The van der Waals surface area contributed by atoms with Crippen molar-refractivity contribution >= 4 is 11.6 Å². The molecule has 0 saturated carbocycles. The van der Waals surface area contributed by atoms with Gasteiger partial charge < -0.3 is 9.88 Å². The van der Waals surface area contributed by atoms with Gasteiger partial charge in [-0.25, -0.2) is 4.98 Å². The molecule has 17 heavy (non-hydrogen) atoms. The molecule has 0 fully saturated rings. The Morgan fingerprint density at radius 3 is 2.65 bits per heavy atom. The number of hydrogen-bond acceptors (Lipinski definition) is 2. The molecule has 0 atom stereocenters. The van der Waals surface area contributed by atoms with Gasteiger partial charge in [-0.1, -0.05) is 41.9 Å². The summed E-state index contributed by atoms with van der Waals surface area (Å²) in [7, 11) is 3.94. The second-order valence-electron chi connectivity index (χ2n) is 3.95. The summed E-state index contributed by atoms with van der Waals surface area (Å²) in [4.78, 5) is 4.43. The predicted molar refractivity (Wildman–Crippen MR) is 71.3 cm³/mol. The first-order valence-electron chi connectivity index (χ1n) is 5.65. The lowest BCUT2D eigenvalue weighted by molar-refractivity contribution is 0.740. The molecule has 0 saturated heterocycles. The van der Waals surface area contributed by atoms with E-state index in [1.165, 1.54) is 0 Å². The van der Waals surface area contributed by atoms with Gasteiger partial charge in [0.15, 0.2) is 5.15 Å². The lowest BCUT2D eigenvalue weighted by Crippen LogP contribution is -2.12. The van der Waals surface area contributed by atoms with Crippen molar-refractivity contribution in [1.82, 2.24) is 14.9 Å². The van der Waals surface area contributed by atoms with Crippen molar-refractivity contribution in [2.75, 3.05) is 13.6 Å². The van der Waals surface area contributed by atoms with Crippen molar-refractivity contribution in [2.45, 2.75) is 6.42 Å². The Hall–Kier alpha value is -1.32. The fraction of sp³-hybridized carbons (Fsp3) is 0.308. The Morgan fingerprint density at radius 2 is 2.00 bits per heavy atom. The van der Waals surface area contributed by atoms with Crippen molar-refractivity contribution in [1.29, 1.82) is 0 Å². The quantitative estimate of drug-likeness (QED) is 0.902. The minimum absolute atomic E-state index is 0.599. The molecule has 0 radical (unpaired) electrons. The molecule has 0 spiro atoms. The first kappa shape index (κ1) is 12.1. The fourth-order valence-corrected chi connectivity index (χ4v) is 2.16. The molecule has 0 amide bonds. The monoisotopic (exact) mass is 249 g/mol. The van der Waals surface area contributed by atoms with Gasteiger partial charge in [0.25, 0.3) is 0 Å². The normalized spacial score (nSPS) is 10.8. The Balaban J connectivity index is 2.37. The minimum atomic E-state index is 0.599. The number of imidazole rings is 1. The summed E-state index contributed by atoms with van der Waals surface area (Å²) in [6, 6.07) is 10.1. The lowest BCUT2D eigenvalue weighted by Gasteiger charge is -2.05. The summed E-state index contributed by atoms with van der Waals surface area (Å²) in [5.74, 6) is 0.918. The maximum absolute atomic E-state index is 6.18. The standard InChI is InChI=1S/C13H16ClN3/c1-15-9-8-11-12(14)16-13(17(11)2)10-6-4-3-5-7-10/h3-7,15H,8-9H2,1-2H3. The van der Waals surface area contributed by atoms with Gasteiger partial charge >= 0.3 is 0 Å². The van der Waals surface area contributed by atoms with Gasteiger partial charge in [-0.15, -0.1) is 0 Å². The van der Waals surface area contributed by atoms with Gasteiger partial charge in [0.1, 0.15) is 5.82 Å². The van der Waals surface area contributed by atoms with Gasteiger partial charge in [0.05, 0.1) is 5.69 Å². The van der Waals surface area contributed by atoms with Crippen LogP contribution in [-0.4, -0.2) is 23.1 Å². The lowest BCUT2D eigenvalue weighted by atomic mass is 10.2. The van der Waals surface area contributed by atoms with Crippen LogP contribution in [0.4, 0.5) is 0 Å². The van der Waals surface area contributed by atoms with Crippen LogP contribution in [0, 0.1) is 0 Å². The molecule has 0 bridgehead atoms. The molecule has 0 aliphatic carbocycles. The molecule has 90 valence electrons. The highest BCUT2D eigenvalue weighted by atomic mass is 35.5. The van der Waals surface area contributed by atoms with Crippen LogP contribution >= 0.6 is 11.6 Å². The van der Waals surface area contributed by atoms with Crippen LogP contribution in [0.2, 0.25) is 5.15 Å². The van der Waals surface area contributed by atoms with E-state index in [2.05, 4.69) is 14.9 Å². The summed E-state index contributed by atoms with van der Waals surface area (Å²) < 4.78 is 2.06. The Morgan fingerprint density at radius 1 is 1.29 bits per heavy atom. The van der Waals surface area contributed by atoms with Crippen LogP contribution in [0.1, 0.15) is 5.69 Å². The first-order chi connectivity index (χ1) is 8.24. The van der Waals surface area contributed by atoms with Gasteiger partial charge in [0, 0.05) is 25.6 Å². The Labute approximate surface area is 106 Å². The molecule has 2 aromatic rings. The number of halogens is 1. The fourth-order valence-electron chi connectivity index (χ4n) is 1.86. The smallest absolute Gasteiger partial charge is 0.151 e. The van der Waals surface area contributed by atoms with E-state index in [-0.39, 0.29) is 0 Å². The van der Waals surface area contributed by atoms with Crippen LogP contribution in [0.25, 0.3) is 11.4 Å². The van der Waals surface area contributed by atoms with E-state index in [9.17, 15) is 0 Å². The minimum Gasteiger partial charge on any atom is -0.330 e. The molecule has 4 heteroatoms. The van der Waals surface area contributed by atoms with E-state index in [0.717, 1.165) is 30.0 Å². The first-order valence-corrected chi connectivity index (χ1v) is 6.03. The number of likely N-dealkylation sites (N-methyl/N-ethyl adjacent to an activating group) is 1. The summed E-state index contributed by atoms with van der Waals surface area (Å²) in [6.45, 7) is 0.896. The average Bonchev–Trinajstić information content (AvgIpc) is 2.64. The average molecular weight is 250 g/mol. The van der Waals surface area contributed by atoms with E-state index in [1.54, 1.807) is 0 Å². The zero-order chi connectivity index (χ0) is 12.3. The number of nitrogens with one attached hydrogen (secondary N) is 1. The second kappa shape index (κ2) is 5.34. The van der Waals surface area contributed by atoms with Crippen molar-refractivity contribution in [3.8, 4) is 11.4 Å². The summed E-state index contributed by atoms with van der Waals surface area (Å²) in [5, 5.41) is 3.72. The molecule has 0 aliphatic rings. The third kappa shape index (κ3) is 2.51. The molecular formula is C13H16ClN3. The van der Waals surface area contributed by atoms with Crippen molar-refractivity contribution in [3.05, 3.63) is 41.2 Å². The maximum Gasteiger partial charge on any atom is 0.151 e. The van der Waals surface area contributed by atoms with Crippen LogP contribution in [0.5, 0.6) is 0 Å². The largest absolute Gasteiger partial charge is 0.330 e. The number of hydrogen-bond donors (Lipinski definition) is 1. The molecular weight excluding hydrogens is 234 g/mol. The maximum atomic E-state index is 6.18. The summed E-state index contributed by atoms with van der Waals surface area (Å²) in [5.41, 5.74) is 2.16. The van der Waals surface area contributed by atoms with Crippen LogP contribution in [-0.2, 0) is 13.5 Å². The number of nitrogens with zero attached hydrogens (tertiary/aromatic N) is 2.